The van der Waals surface area contributed by atoms with Gasteiger partial charge in [0.05, 0.1) is 19.3 Å². The highest BCUT2D eigenvalue weighted by molar-refractivity contribution is 5.89. The molecule has 0 unspecified atom stereocenters. The van der Waals surface area contributed by atoms with Crippen molar-refractivity contribution >= 4 is 5.97 Å². The van der Waals surface area contributed by atoms with Gasteiger partial charge in [-0.15, -0.1) is 0 Å². The number of nitrogens with one attached hydrogen (secondary N) is 1. The number of rotatable bonds is 6. The zero-order chi connectivity index (χ0) is 14.3. The van der Waals surface area contributed by atoms with Gasteiger partial charge in [-0.2, -0.15) is 0 Å². The molecule has 2 N–H and O–H groups in total. The molecule has 19 heavy (non-hydrogen) atoms. The van der Waals surface area contributed by atoms with Gasteiger partial charge in [0, 0.05) is 12.1 Å². The minimum Gasteiger partial charge on any atom is -0.508 e. The van der Waals surface area contributed by atoms with Crippen LogP contribution >= 0.6 is 0 Å². The summed E-state index contributed by atoms with van der Waals surface area (Å²) < 4.78 is 4.77. The number of ether oxygens (including phenoxy) is 1. The molecule has 0 saturated carbocycles. The molecule has 1 aromatic carbocycles. The summed E-state index contributed by atoms with van der Waals surface area (Å²) in [6, 6.07) is 6.67. The van der Waals surface area contributed by atoms with Crippen molar-refractivity contribution in [3.63, 3.8) is 0 Å². The second-order valence-electron chi connectivity index (χ2n) is 3.97. The highest BCUT2D eigenvalue weighted by Gasteiger charge is 2.14. The number of benzene rings is 1. The SMILES string of the molecule is CCONC(C)=C(Cc1ccc(O)cc1)C(=O)OC. The molecule has 0 aromatic heterocycles. The van der Waals surface area contributed by atoms with Crippen molar-refractivity contribution in [3.8, 4) is 5.75 Å². The molecule has 0 fully saturated rings. The van der Waals surface area contributed by atoms with Crippen LogP contribution < -0.4 is 5.48 Å². The Morgan fingerprint density at radius 2 is 1.95 bits per heavy atom. The third-order valence-corrected chi connectivity index (χ3v) is 2.57. The number of phenolic OH excluding ortho intramolecular Hbond substituents is 1. The Bertz CT molecular complexity index is 451. The quantitative estimate of drug-likeness (QED) is 0.467. The number of allylic oxidation sites excluding steroid dienone is 1. The predicted octanol–water partition coefficient (Wildman–Crippen LogP) is 1.92. The van der Waals surface area contributed by atoms with E-state index in [9.17, 15) is 9.90 Å². The fraction of sp³-hybridized carbons (Fsp3) is 0.357. The lowest BCUT2D eigenvalue weighted by atomic mass is 10.0. The molecule has 0 aliphatic heterocycles. The maximum atomic E-state index is 11.8. The number of methoxy groups -OCH3 is 1. The van der Waals surface area contributed by atoms with Crippen LogP contribution in [0.25, 0.3) is 0 Å². The average Bonchev–Trinajstić information content (AvgIpc) is 2.43. The van der Waals surface area contributed by atoms with Crippen LogP contribution in [0.2, 0.25) is 0 Å². The van der Waals surface area contributed by atoms with Crippen LogP contribution in [-0.4, -0.2) is 24.8 Å². The zero-order valence-corrected chi connectivity index (χ0v) is 11.4. The maximum Gasteiger partial charge on any atom is 0.335 e. The normalized spacial score (nSPS) is 11.7. The van der Waals surface area contributed by atoms with Crippen molar-refractivity contribution in [2.45, 2.75) is 20.3 Å². The Morgan fingerprint density at radius 1 is 1.32 bits per heavy atom. The van der Waals surface area contributed by atoms with E-state index < -0.39 is 5.97 Å². The van der Waals surface area contributed by atoms with Gasteiger partial charge in [-0.05, 0) is 31.5 Å². The summed E-state index contributed by atoms with van der Waals surface area (Å²) in [6.45, 7) is 4.09. The molecule has 0 amide bonds. The van der Waals surface area contributed by atoms with Gasteiger partial charge in [-0.3, -0.25) is 10.3 Å². The summed E-state index contributed by atoms with van der Waals surface area (Å²) in [5.74, 6) is -0.214. The first kappa shape index (κ1) is 15.0. The molecule has 1 aromatic rings. The van der Waals surface area contributed by atoms with Gasteiger partial charge in [0.2, 0.25) is 0 Å². The minimum absolute atomic E-state index is 0.191. The molecule has 5 nitrogen and oxygen atoms in total. The van der Waals surface area contributed by atoms with E-state index in [4.69, 9.17) is 9.57 Å². The van der Waals surface area contributed by atoms with Gasteiger partial charge in [0.1, 0.15) is 5.75 Å². The monoisotopic (exact) mass is 265 g/mol. The first-order chi connectivity index (χ1) is 9.08. The van der Waals surface area contributed by atoms with E-state index in [1.807, 2.05) is 6.92 Å². The number of esters is 1. The van der Waals surface area contributed by atoms with Gasteiger partial charge in [-0.25, -0.2) is 4.79 Å². The Balaban J connectivity index is 2.91. The van der Waals surface area contributed by atoms with Crippen molar-refractivity contribution in [2.24, 2.45) is 0 Å². The van der Waals surface area contributed by atoms with Crippen molar-refractivity contribution in [3.05, 3.63) is 41.1 Å². The number of phenols is 1. The standard InChI is InChI=1S/C14H19NO4/c1-4-19-15-10(2)13(14(17)18-3)9-11-5-7-12(16)8-6-11/h5-8,15-16H,4,9H2,1-3H3. The van der Waals surface area contributed by atoms with Crippen molar-refractivity contribution in [1.29, 1.82) is 0 Å². The predicted molar refractivity (Wildman–Crippen MR) is 71.3 cm³/mol. The summed E-state index contributed by atoms with van der Waals surface area (Å²) in [5, 5.41) is 9.24. The molecule has 0 aliphatic carbocycles. The number of aromatic hydroxyl groups is 1. The Morgan fingerprint density at radius 3 is 2.47 bits per heavy atom. The van der Waals surface area contributed by atoms with Crippen LogP contribution in [0, 0.1) is 0 Å². The zero-order valence-electron chi connectivity index (χ0n) is 11.4. The Hall–Kier alpha value is -2.01. The molecule has 0 saturated heterocycles. The van der Waals surface area contributed by atoms with Crippen LogP contribution in [0.15, 0.2) is 35.5 Å². The highest BCUT2D eigenvalue weighted by Crippen LogP contribution is 2.16. The van der Waals surface area contributed by atoms with Crippen LogP contribution in [0.5, 0.6) is 5.75 Å². The molecule has 0 radical (unpaired) electrons. The molecular formula is C14H19NO4. The molecular weight excluding hydrogens is 246 g/mol. The van der Waals surface area contributed by atoms with Gasteiger partial charge < -0.3 is 9.84 Å². The summed E-state index contributed by atoms with van der Waals surface area (Å²) >= 11 is 0. The molecule has 0 spiro atoms. The maximum absolute atomic E-state index is 11.8. The summed E-state index contributed by atoms with van der Waals surface area (Å²) in [7, 11) is 1.34. The number of hydrogen-bond acceptors (Lipinski definition) is 5. The van der Waals surface area contributed by atoms with Crippen LogP contribution in [0.3, 0.4) is 0 Å². The average molecular weight is 265 g/mol. The third kappa shape index (κ3) is 4.63. The fourth-order valence-corrected chi connectivity index (χ4v) is 1.54. The first-order valence-electron chi connectivity index (χ1n) is 6.02. The summed E-state index contributed by atoms with van der Waals surface area (Å²) in [4.78, 5) is 16.8. The largest absolute Gasteiger partial charge is 0.508 e. The fourth-order valence-electron chi connectivity index (χ4n) is 1.54. The Kier molecular flexibility index (Phi) is 5.89. The number of carbonyl (C=O) groups excluding carboxylic acids is 1. The van der Waals surface area contributed by atoms with Gasteiger partial charge >= 0.3 is 5.97 Å². The van der Waals surface area contributed by atoms with Crippen molar-refractivity contribution < 1.29 is 19.5 Å². The third-order valence-electron chi connectivity index (χ3n) is 2.57. The minimum atomic E-state index is -0.405. The smallest absolute Gasteiger partial charge is 0.335 e. The van der Waals surface area contributed by atoms with E-state index in [0.29, 0.717) is 24.3 Å². The number of carbonyl (C=O) groups is 1. The molecule has 1 rings (SSSR count). The first-order valence-corrected chi connectivity index (χ1v) is 6.02. The van der Waals surface area contributed by atoms with Crippen LogP contribution in [-0.2, 0) is 20.8 Å². The highest BCUT2D eigenvalue weighted by atomic mass is 16.6. The van der Waals surface area contributed by atoms with Crippen molar-refractivity contribution in [2.75, 3.05) is 13.7 Å². The van der Waals surface area contributed by atoms with E-state index in [-0.39, 0.29) is 5.75 Å². The van der Waals surface area contributed by atoms with Gasteiger partial charge in [-0.1, -0.05) is 12.1 Å². The molecule has 5 heteroatoms. The van der Waals surface area contributed by atoms with E-state index in [2.05, 4.69) is 5.48 Å². The molecule has 104 valence electrons. The number of hydrogen-bond donors (Lipinski definition) is 2. The molecule has 0 aliphatic rings. The van der Waals surface area contributed by atoms with E-state index in [1.54, 1.807) is 31.2 Å². The second-order valence-corrected chi connectivity index (χ2v) is 3.97. The summed E-state index contributed by atoms with van der Waals surface area (Å²) in [5.41, 5.74) is 4.71. The van der Waals surface area contributed by atoms with E-state index in [0.717, 1.165) is 5.56 Å². The topological polar surface area (TPSA) is 67.8 Å². The van der Waals surface area contributed by atoms with Gasteiger partial charge in [0.15, 0.2) is 0 Å². The molecule has 0 bridgehead atoms. The molecule has 0 heterocycles. The Labute approximate surface area is 112 Å². The lowest BCUT2D eigenvalue weighted by Crippen LogP contribution is -2.19. The van der Waals surface area contributed by atoms with Crippen LogP contribution in [0.4, 0.5) is 0 Å². The lowest BCUT2D eigenvalue weighted by molar-refractivity contribution is -0.136. The van der Waals surface area contributed by atoms with E-state index >= 15 is 0 Å². The van der Waals surface area contributed by atoms with Crippen LogP contribution in [0.1, 0.15) is 19.4 Å². The number of hydroxylamine groups is 1. The van der Waals surface area contributed by atoms with Crippen molar-refractivity contribution in [1.82, 2.24) is 5.48 Å². The van der Waals surface area contributed by atoms with Gasteiger partial charge in [0.25, 0.3) is 0 Å². The summed E-state index contributed by atoms with van der Waals surface area (Å²) in [6.07, 6.45) is 0.402. The molecule has 0 atom stereocenters. The van der Waals surface area contributed by atoms with E-state index in [1.165, 1.54) is 7.11 Å². The lowest BCUT2D eigenvalue weighted by Gasteiger charge is -2.12. The second kappa shape index (κ2) is 7.43.